The molecule has 6 rings (SSSR count). The second kappa shape index (κ2) is 9.59. The number of hydrogen-bond donors (Lipinski definition) is 3. The van der Waals surface area contributed by atoms with Crippen LogP contribution in [0.15, 0.2) is 77.7 Å². The van der Waals surface area contributed by atoms with Gasteiger partial charge in [0.25, 0.3) is 5.56 Å². The van der Waals surface area contributed by atoms with Crippen molar-refractivity contribution in [3.8, 4) is 17.2 Å². The molecular formula is C28H28N6O3. The van der Waals surface area contributed by atoms with E-state index in [0.717, 1.165) is 36.4 Å². The fraction of sp³-hybridized carbons (Fsp3) is 0.250. The molecule has 2 fully saturated rings. The van der Waals surface area contributed by atoms with E-state index in [0.29, 0.717) is 35.8 Å². The Morgan fingerprint density at radius 2 is 1.84 bits per heavy atom. The van der Waals surface area contributed by atoms with Gasteiger partial charge < -0.3 is 25.3 Å². The van der Waals surface area contributed by atoms with Crippen molar-refractivity contribution in [1.82, 2.24) is 25.0 Å². The van der Waals surface area contributed by atoms with Crippen molar-refractivity contribution in [3.63, 3.8) is 0 Å². The molecule has 4 heterocycles. The van der Waals surface area contributed by atoms with Gasteiger partial charge in [0.05, 0.1) is 5.39 Å². The number of aromatic amines is 1. The maximum atomic E-state index is 12.9. The molecule has 2 aliphatic rings. The van der Waals surface area contributed by atoms with Gasteiger partial charge in [-0.2, -0.15) is 5.10 Å². The smallest absolute Gasteiger partial charge is 0.274 e. The molecule has 2 aromatic carbocycles. The predicted molar refractivity (Wildman–Crippen MR) is 142 cm³/mol. The maximum Gasteiger partial charge on any atom is 0.274 e. The Balaban J connectivity index is 1.30. The number of H-pyrrole nitrogens is 1. The van der Waals surface area contributed by atoms with Crippen molar-refractivity contribution in [2.24, 2.45) is 0 Å². The molecule has 0 radical (unpaired) electrons. The number of fused-ring (bicyclic) bond motifs is 1. The summed E-state index contributed by atoms with van der Waals surface area (Å²) in [6.07, 6.45) is 7.39. The molecule has 4 aromatic rings. The van der Waals surface area contributed by atoms with Crippen molar-refractivity contribution >= 4 is 22.6 Å². The van der Waals surface area contributed by atoms with E-state index in [1.165, 1.54) is 0 Å². The number of aromatic nitrogens is 3. The van der Waals surface area contributed by atoms with Crippen molar-refractivity contribution in [2.45, 2.75) is 24.8 Å². The van der Waals surface area contributed by atoms with Crippen LogP contribution in [0.3, 0.4) is 0 Å². The highest BCUT2D eigenvalue weighted by atomic mass is 16.5. The summed E-state index contributed by atoms with van der Waals surface area (Å²) in [5.41, 5.74) is 8.24. The molecule has 1 amide bonds. The Morgan fingerprint density at radius 3 is 2.57 bits per heavy atom. The Morgan fingerprint density at radius 1 is 1.08 bits per heavy atom. The van der Waals surface area contributed by atoms with Crippen LogP contribution in [0, 0.1) is 0 Å². The average Bonchev–Trinajstić information content (AvgIpc) is 3.53. The second-order valence-corrected chi connectivity index (χ2v) is 9.50. The van der Waals surface area contributed by atoms with E-state index in [1.54, 1.807) is 6.08 Å². The topological polar surface area (TPSA) is 118 Å². The molecule has 2 aliphatic heterocycles. The third kappa shape index (κ3) is 4.49. The number of carbonyl (C=O) groups excluding carboxylic acids is 1. The third-order valence-corrected chi connectivity index (χ3v) is 7.15. The summed E-state index contributed by atoms with van der Waals surface area (Å²) in [6, 6.07) is 17.5. The lowest BCUT2D eigenvalue weighted by atomic mass is 9.99. The fourth-order valence-electron chi connectivity index (χ4n) is 5.04. The van der Waals surface area contributed by atoms with Crippen LogP contribution in [0.25, 0.3) is 16.6 Å². The molecule has 4 N–H and O–H groups in total. The highest BCUT2D eigenvalue weighted by molar-refractivity contribution is 5.93. The summed E-state index contributed by atoms with van der Waals surface area (Å²) < 4.78 is 7.82. The minimum absolute atomic E-state index is 0.00373. The molecular weight excluding hydrogens is 468 g/mol. The zero-order valence-electron chi connectivity index (χ0n) is 20.3. The molecule has 9 heteroatoms. The Bertz CT molecular complexity index is 1520. The van der Waals surface area contributed by atoms with Gasteiger partial charge in [-0.1, -0.05) is 24.3 Å². The van der Waals surface area contributed by atoms with E-state index < -0.39 is 0 Å². The molecule has 188 valence electrons. The number of ether oxygens (including phenoxy) is 1. The maximum absolute atomic E-state index is 12.9. The van der Waals surface area contributed by atoms with E-state index in [2.05, 4.69) is 15.5 Å². The predicted octanol–water partition coefficient (Wildman–Crippen LogP) is 3.32. The van der Waals surface area contributed by atoms with Crippen molar-refractivity contribution in [2.75, 3.05) is 25.4 Å². The summed E-state index contributed by atoms with van der Waals surface area (Å²) in [5.74, 6) is 1.72. The van der Waals surface area contributed by atoms with E-state index in [9.17, 15) is 9.59 Å². The Kier molecular flexibility index (Phi) is 5.97. The molecule has 2 atom stereocenters. The number of amides is 1. The standard InChI is InChI=1S/C28H28N6O3/c29-27-26-25(28(36)32-31-27)23(18-13-15-33(16-18)24(35)11-6-19-12-14-30-19)17-34(26)20-7-9-22(10-8-20)37-21-4-2-1-3-5-21/h1-11,17-19,30H,12-16H2,(H2,29,31)(H,32,36)/b11-6+/t18-,19+/m1/s1. The minimum Gasteiger partial charge on any atom is -0.457 e. The molecule has 0 bridgehead atoms. The van der Waals surface area contributed by atoms with Crippen LogP contribution in [0.1, 0.15) is 24.3 Å². The van der Waals surface area contributed by atoms with Crippen LogP contribution in [0.2, 0.25) is 0 Å². The van der Waals surface area contributed by atoms with Gasteiger partial charge in [-0.3, -0.25) is 9.59 Å². The number of rotatable bonds is 6. The molecule has 2 saturated heterocycles. The number of nitrogen functional groups attached to an aromatic ring is 1. The van der Waals surface area contributed by atoms with E-state index in [4.69, 9.17) is 10.5 Å². The van der Waals surface area contributed by atoms with Crippen molar-refractivity contribution in [3.05, 3.63) is 88.9 Å². The summed E-state index contributed by atoms with van der Waals surface area (Å²) >= 11 is 0. The molecule has 37 heavy (non-hydrogen) atoms. The zero-order chi connectivity index (χ0) is 25.4. The molecule has 0 unspecified atom stereocenters. The summed E-state index contributed by atoms with van der Waals surface area (Å²) in [6.45, 7) is 2.18. The average molecular weight is 497 g/mol. The number of likely N-dealkylation sites (tertiary alicyclic amines) is 1. The number of carbonyl (C=O) groups is 1. The van der Waals surface area contributed by atoms with Gasteiger partial charge in [0.2, 0.25) is 5.91 Å². The van der Waals surface area contributed by atoms with Gasteiger partial charge in [0.15, 0.2) is 5.82 Å². The molecule has 0 spiro atoms. The first-order valence-electron chi connectivity index (χ1n) is 12.5. The number of nitrogens with one attached hydrogen (secondary N) is 2. The number of nitrogens with zero attached hydrogens (tertiary/aromatic N) is 3. The monoisotopic (exact) mass is 496 g/mol. The van der Waals surface area contributed by atoms with Crippen LogP contribution in [0.5, 0.6) is 11.5 Å². The SMILES string of the molecule is Nc1n[nH]c(=O)c2c([C@@H]3CCN(C(=O)/C=C/[C@H]4CCN4)C3)cn(-c3ccc(Oc4ccccc4)cc3)c12. The van der Waals surface area contributed by atoms with Gasteiger partial charge >= 0.3 is 0 Å². The molecule has 0 saturated carbocycles. The van der Waals surface area contributed by atoms with Crippen LogP contribution in [0.4, 0.5) is 5.82 Å². The number of nitrogens with two attached hydrogens (primary N) is 1. The van der Waals surface area contributed by atoms with Crippen molar-refractivity contribution < 1.29 is 9.53 Å². The summed E-state index contributed by atoms with van der Waals surface area (Å²) in [5, 5.41) is 10.3. The number of hydrogen-bond acceptors (Lipinski definition) is 6. The number of benzene rings is 2. The largest absolute Gasteiger partial charge is 0.457 e. The highest BCUT2D eigenvalue weighted by Crippen LogP contribution is 2.35. The zero-order valence-corrected chi connectivity index (χ0v) is 20.3. The van der Waals surface area contributed by atoms with Gasteiger partial charge in [0.1, 0.15) is 17.0 Å². The first-order chi connectivity index (χ1) is 18.1. The lowest BCUT2D eigenvalue weighted by Gasteiger charge is -2.24. The molecule has 2 aromatic heterocycles. The van der Waals surface area contributed by atoms with Gasteiger partial charge in [-0.15, -0.1) is 0 Å². The summed E-state index contributed by atoms with van der Waals surface area (Å²) in [7, 11) is 0. The normalized spacial score (nSPS) is 19.4. The lowest BCUT2D eigenvalue weighted by molar-refractivity contribution is -0.125. The first-order valence-corrected chi connectivity index (χ1v) is 12.5. The van der Waals surface area contributed by atoms with Crippen molar-refractivity contribution in [1.29, 1.82) is 0 Å². The molecule has 9 nitrogen and oxygen atoms in total. The van der Waals surface area contributed by atoms with Gasteiger partial charge in [-0.25, -0.2) is 5.10 Å². The Hall–Kier alpha value is -4.37. The van der Waals surface area contributed by atoms with E-state index >= 15 is 0 Å². The Labute approximate surface area is 213 Å². The number of anilines is 1. The quantitative estimate of drug-likeness (QED) is 0.353. The second-order valence-electron chi connectivity index (χ2n) is 9.50. The fourth-order valence-corrected chi connectivity index (χ4v) is 5.04. The first kappa shape index (κ1) is 23.1. The van der Waals surface area contributed by atoms with Crippen LogP contribution >= 0.6 is 0 Å². The van der Waals surface area contributed by atoms with Crippen LogP contribution < -0.4 is 21.3 Å². The minimum atomic E-state index is -0.289. The van der Waals surface area contributed by atoms with E-state index in [-0.39, 0.29) is 23.2 Å². The van der Waals surface area contributed by atoms with Gasteiger partial charge in [0, 0.05) is 43.0 Å². The molecule has 0 aliphatic carbocycles. The number of para-hydroxylation sites is 1. The van der Waals surface area contributed by atoms with Crippen LogP contribution in [-0.2, 0) is 4.79 Å². The highest BCUT2D eigenvalue weighted by Gasteiger charge is 2.30. The summed E-state index contributed by atoms with van der Waals surface area (Å²) in [4.78, 5) is 27.5. The van der Waals surface area contributed by atoms with E-state index in [1.807, 2.05) is 76.3 Å². The van der Waals surface area contributed by atoms with Crippen LogP contribution in [-0.4, -0.2) is 51.2 Å². The third-order valence-electron chi connectivity index (χ3n) is 7.15. The van der Waals surface area contributed by atoms with Gasteiger partial charge in [-0.05, 0) is 61.3 Å². The lowest BCUT2D eigenvalue weighted by Crippen LogP contribution is -2.41.